The van der Waals surface area contributed by atoms with E-state index in [2.05, 4.69) is 20.9 Å². The van der Waals surface area contributed by atoms with E-state index in [4.69, 9.17) is 0 Å². The Balaban J connectivity index is 1.82. The average molecular weight is 411 g/mol. The van der Waals surface area contributed by atoms with Gasteiger partial charge in [-0.2, -0.15) is 5.10 Å². The third kappa shape index (κ3) is 4.19. The average Bonchev–Trinajstić information content (AvgIpc) is 3.31. The molecule has 0 aliphatic heterocycles. The van der Waals surface area contributed by atoms with E-state index in [1.165, 1.54) is 11.7 Å². The number of nitrogens with one attached hydrogen (secondary N) is 3. The lowest BCUT2D eigenvalue weighted by atomic mass is 10.2. The van der Waals surface area contributed by atoms with Gasteiger partial charge in [0.15, 0.2) is 0 Å². The van der Waals surface area contributed by atoms with Crippen LogP contribution in [0.2, 0.25) is 0 Å². The van der Waals surface area contributed by atoms with E-state index in [0.717, 1.165) is 16.9 Å². The van der Waals surface area contributed by atoms with E-state index in [9.17, 15) is 14.4 Å². The minimum absolute atomic E-state index is 0.250. The van der Waals surface area contributed by atoms with E-state index in [0.29, 0.717) is 32.4 Å². The fourth-order valence-corrected chi connectivity index (χ4v) is 3.64. The number of aryl methyl sites for hydroxylation is 2. The molecule has 0 atom stereocenters. The number of hydrazone groups is 1. The lowest BCUT2D eigenvalue weighted by Gasteiger charge is -2.01. The Hall–Kier alpha value is -3.46. The fraction of sp³-hybridized carbons (Fsp3) is 0.200. The molecule has 8 nitrogen and oxygen atoms in total. The van der Waals surface area contributed by atoms with Crippen LogP contribution in [0.4, 0.5) is 0 Å². The number of aromatic nitrogens is 2. The van der Waals surface area contributed by atoms with Crippen molar-refractivity contribution < 1.29 is 9.59 Å². The number of aromatic amines is 1. The highest BCUT2D eigenvalue weighted by Gasteiger charge is 2.16. The molecule has 0 aliphatic carbocycles. The van der Waals surface area contributed by atoms with Gasteiger partial charge in [0.05, 0.1) is 26.7 Å². The molecular weight excluding hydrogens is 390 g/mol. The summed E-state index contributed by atoms with van der Waals surface area (Å²) in [5, 5.41) is 9.63. The lowest BCUT2D eigenvalue weighted by Crippen LogP contribution is -2.23. The number of hydrogen-bond acceptors (Lipinski definition) is 5. The molecule has 2 aromatic heterocycles. The van der Waals surface area contributed by atoms with Gasteiger partial charge < -0.3 is 5.32 Å². The molecule has 29 heavy (non-hydrogen) atoms. The molecule has 2 heterocycles. The molecule has 2 amide bonds. The summed E-state index contributed by atoms with van der Waals surface area (Å²) >= 11 is 1.06. The number of rotatable bonds is 5. The first kappa shape index (κ1) is 20.3. The summed E-state index contributed by atoms with van der Waals surface area (Å²) < 4.78 is 1.44. The summed E-state index contributed by atoms with van der Waals surface area (Å²) in [7, 11) is 1.53. The molecule has 9 heteroatoms. The Morgan fingerprint density at radius 3 is 2.28 bits per heavy atom. The van der Waals surface area contributed by atoms with Crippen LogP contribution < -0.4 is 16.3 Å². The van der Waals surface area contributed by atoms with E-state index in [-0.39, 0.29) is 11.5 Å². The monoisotopic (exact) mass is 411 g/mol. The maximum atomic E-state index is 12.8. The zero-order valence-electron chi connectivity index (χ0n) is 16.5. The van der Waals surface area contributed by atoms with Crippen LogP contribution in [0.3, 0.4) is 0 Å². The number of thiophene rings is 1. The van der Waals surface area contributed by atoms with Gasteiger partial charge in [-0.3, -0.25) is 19.5 Å². The van der Waals surface area contributed by atoms with Crippen LogP contribution >= 0.6 is 11.3 Å². The van der Waals surface area contributed by atoms with Crippen molar-refractivity contribution in [1.29, 1.82) is 0 Å². The summed E-state index contributed by atoms with van der Waals surface area (Å²) in [5.74, 6) is -0.704. The SMILES string of the molecule is CNC(=O)c1ccc(C(=O)NN=C(C)c2c(C)[nH]n(-c3ccc(C)cc3)c2=O)s1. The summed E-state index contributed by atoms with van der Waals surface area (Å²) in [6, 6.07) is 10.7. The highest BCUT2D eigenvalue weighted by molar-refractivity contribution is 7.15. The van der Waals surface area contributed by atoms with Crippen LogP contribution in [0.5, 0.6) is 0 Å². The van der Waals surface area contributed by atoms with Gasteiger partial charge in [-0.1, -0.05) is 17.7 Å². The van der Waals surface area contributed by atoms with Crippen molar-refractivity contribution in [2.75, 3.05) is 7.05 Å². The number of benzene rings is 1. The summed E-state index contributed by atoms with van der Waals surface area (Å²) in [6.07, 6.45) is 0. The fourth-order valence-electron chi connectivity index (χ4n) is 2.80. The molecule has 150 valence electrons. The maximum Gasteiger partial charge on any atom is 0.281 e. The Bertz CT molecular complexity index is 1150. The van der Waals surface area contributed by atoms with Crippen molar-refractivity contribution in [2.45, 2.75) is 20.8 Å². The molecule has 0 spiro atoms. The number of H-pyrrole nitrogens is 1. The molecule has 0 saturated carbocycles. The van der Waals surface area contributed by atoms with Gasteiger partial charge in [0.1, 0.15) is 0 Å². The molecule has 0 aliphatic rings. The zero-order valence-corrected chi connectivity index (χ0v) is 17.3. The first-order valence-electron chi connectivity index (χ1n) is 8.87. The van der Waals surface area contributed by atoms with Gasteiger partial charge in [-0.15, -0.1) is 11.3 Å². The standard InChI is InChI=1S/C20H21N5O3S/c1-11-5-7-14(8-6-11)25-20(28)17(13(3)24-25)12(2)22-23-19(27)16-10-9-15(29-16)18(26)21-4/h5-10,24H,1-4H3,(H,21,26)(H,23,27). The molecule has 0 fully saturated rings. The summed E-state index contributed by atoms with van der Waals surface area (Å²) in [4.78, 5) is 37.5. The largest absolute Gasteiger partial charge is 0.354 e. The van der Waals surface area contributed by atoms with Gasteiger partial charge in [0, 0.05) is 12.7 Å². The second kappa shape index (κ2) is 8.27. The second-order valence-corrected chi connectivity index (χ2v) is 7.55. The van der Waals surface area contributed by atoms with Crippen molar-refractivity contribution >= 4 is 28.9 Å². The number of amides is 2. The van der Waals surface area contributed by atoms with Gasteiger partial charge in [-0.05, 0) is 45.0 Å². The van der Waals surface area contributed by atoms with Crippen LogP contribution in [0.25, 0.3) is 5.69 Å². The number of nitrogens with zero attached hydrogens (tertiary/aromatic N) is 2. The molecular formula is C20H21N5O3S. The third-order valence-corrected chi connectivity index (χ3v) is 5.41. The first-order valence-corrected chi connectivity index (χ1v) is 9.69. The maximum absolute atomic E-state index is 12.8. The normalized spacial score (nSPS) is 11.4. The van der Waals surface area contributed by atoms with Crippen LogP contribution in [-0.4, -0.2) is 34.4 Å². The molecule has 3 N–H and O–H groups in total. The minimum Gasteiger partial charge on any atom is -0.354 e. The highest BCUT2D eigenvalue weighted by Crippen LogP contribution is 2.16. The number of carbonyl (C=O) groups is 2. The van der Waals surface area contributed by atoms with Gasteiger partial charge in [0.25, 0.3) is 17.4 Å². The zero-order chi connectivity index (χ0) is 21.1. The van der Waals surface area contributed by atoms with Crippen LogP contribution in [-0.2, 0) is 0 Å². The van der Waals surface area contributed by atoms with E-state index in [1.807, 2.05) is 31.2 Å². The summed E-state index contributed by atoms with van der Waals surface area (Å²) in [5.41, 5.74) is 5.42. The topological polar surface area (TPSA) is 108 Å². The highest BCUT2D eigenvalue weighted by atomic mass is 32.1. The Labute approximate surface area is 171 Å². The van der Waals surface area contributed by atoms with Crippen molar-refractivity contribution in [3.63, 3.8) is 0 Å². The predicted octanol–water partition coefficient (Wildman–Crippen LogP) is 2.36. The predicted molar refractivity (Wildman–Crippen MR) is 113 cm³/mol. The van der Waals surface area contributed by atoms with Gasteiger partial charge in [-0.25, -0.2) is 10.1 Å². The Kier molecular flexibility index (Phi) is 5.79. The van der Waals surface area contributed by atoms with Crippen molar-refractivity contribution in [3.8, 4) is 5.69 Å². The second-order valence-electron chi connectivity index (χ2n) is 6.47. The molecule has 1 aromatic carbocycles. The molecule has 3 rings (SSSR count). The van der Waals surface area contributed by atoms with Crippen LogP contribution in [0, 0.1) is 13.8 Å². The van der Waals surface area contributed by atoms with E-state index >= 15 is 0 Å². The van der Waals surface area contributed by atoms with Gasteiger partial charge in [0.2, 0.25) is 0 Å². The molecule has 0 radical (unpaired) electrons. The lowest BCUT2D eigenvalue weighted by molar-refractivity contribution is 0.0955. The molecule has 0 bridgehead atoms. The van der Waals surface area contributed by atoms with Crippen molar-refractivity contribution in [2.24, 2.45) is 5.10 Å². The van der Waals surface area contributed by atoms with Crippen LogP contribution in [0.15, 0.2) is 46.3 Å². The molecule has 3 aromatic rings. The van der Waals surface area contributed by atoms with Crippen molar-refractivity contribution in [3.05, 3.63) is 73.3 Å². The Morgan fingerprint density at radius 2 is 1.66 bits per heavy atom. The molecule has 0 unspecified atom stereocenters. The van der Waals surface area contributed by atoms with E-state index < -0.39 is 5.91 Å². The first-order chi connectivity index (χ1) is 13.8. The van der Waals surface area contributed by atoms with Gasteiger partial charge >= 0.3 is 0 Å². The third-order valence-electron chi connectivity index (χ3n) is 4.33. The number of carbonyl (C=O) groups excluding carboxylic acids is 2. The smallest absolute Gasteiger partial charge is 0.281 e. The van der Waals surface area contributed by atoms with E-state index in [1.54, 1.807) is 26.0 Å². The van der Waals surface area contributed by atoms with Crippen molar-refractivity contribution in [1.82, 2.24) is 20.5 Å². The molecule has 0 saturated heterocycles. The summed E-state index contributed by atoms with van der Waals surface area (Å²) in [6.45, 7) is 5.40. The minimum atomic E-state index is -0.448. The Morgan fingerprint density at radius 1 is 1.03 bits per heavy atom. The quantitative estimate of drug-likeness (QED) is 0.443. The number of hydrogen-bond donors (Lipinski definition) is 3. The van der Waals surface area contributed by atoms with Crippen LogP contribution in [0.1, 0.15) is 43.1 Å².